The predicted octanol–water partition coefficient (Wildman–Crippen LogP) is 1.20. The van der Waals surface area contributed by atoms with Crippen molar-refractivity contribution in [1.82, 2.24) is 10.2 Å². The molecule has 0 aromatic carbocycles. The van der Waals surface area contributed by atoms with E-state index in [0.29, 0.717) is 0 Å². The van der Waals surface area contributed by atoms with Crippen LogP contribution >= 0.6 is 0 Å². The van der Waals surface area contributed by atoms with Gasteiger partial charge in [-0.1, -0.05) is 13.8 Å². The van der Waals surface area contributed by atoms with Crippen LogP contribution in [0.4, 0.5) is 0 Å². The quantitative estimate of drug-likeness (QED) is 0.645. The molecule has 0 aromatic rings. The summed E-state index contributed by atoms with van der Waals surface area (Å²) >= 11 is 0. The third-order valence-electron chi connectivity index (χ3n) is 3.30. The third-order valence-corrected chi connectivity index (χ3v) is 3.30. The third kappa shape index (κ3) is 4.96. The summed E-state index contributed by atoms with van der Waals surface area (Å²) in [6.07, 6.45) is 0. The summed E-state index contributed by atoms with van der Waals surface area (Å²) in [4.78, 5) is 2.56. The summed E-state index contributed by atoms with van der Waals surface area (Å²) in [7, 11) is 0. The zero-order chi connectivity index (χ0) is 11.1. The SMILES string of the molecule is CCOCCNCCN1CC(C)C(C)C1. The maximum absolute atomic E-state index is 5.26. The first-order valence-electron chi connectivity index (χ1n) is 6.24. The van der Waals surface area contributed by atoms with Crippen molar-refractivity contribution in [2.24, 2.45) is 11.8 Å². The van der Waals surface area contributed by atoms with Gasteiger partial charge in [-0.2, -0.15) is 0 Å². The largest absolute Gasteiger partial charge is 0.380 e. The summed E-state index contributed by atoms with van der Waals surface area (Å²) in [5.41, 5.74) is 0. The van der Waals surface area contributed by atoms with Gasteiger partial charge in [0.25, 0.3) is 0 Å². The minimum absolute atomic E-state index is 0.822. The van der Waals surface area contributed by atoms with Crippen molar-refractivity contribution in [3.63, 3.8) is 0 Å². The van der Waals surface area contributed by atoms with E-state index in [1.54, 1.807) is 0 Å². The number of nitrogens with zero attached hydrogens (tertiary/aromatic N) is 1. The molecule has 3 heteroatoms. The lowest BCUT2D eigenvalue weighted by Gasteiger charge is -2.15. The van der Waals surface area contributed by atoms with E-state index in [1.807, 2.05) is 6.92 Å². The molecule has 1 aliphatic rings. The monoisotopic (exact) mass is 214 g/mol. The molecule has 1 fully saturated rings. The molecule has 1 heterocycles. The Morgan fingerprint density at radius 3 is 2.47 bits per heavy atom. The van der Waals surface area contributed by atoms with Crippen molar-refractivity contribution in [3.05, 3.63) is 0 Å². The molecular formula is C12H26N2O. The van der Waals surface area contributed by atoms with E-state index in [1.165, 1.54) is 19.6 Å². The molecule has 1 rings (SSSR count). The molecule has 1 aliphatic heterocycles. The van der Waals surface area contributed by atoms with Crippen molar-refractivity contribution >= 4 is 0 Å². The highest BCUT2D eigenvalue weighted by Gasteiger charge is 2.24. The zero-order valence-electron chi connectivity index (χ0n) is 10.5. The van der Waals surface area contributed by atoms with Gasteiger partial charge >= 0.3 is 0 Å². The van der Waals surface area contributed by atoms with Crippen molar-refractivity contribution < 1.29 is 4.74 Å². The van der Waals surface area contributed by atoms with Crippen molar-refractivity contribution in [1.29, 1.82) is 0 Å². The highest BCUT2D eigenvalue weighted by atomic mass is 16.5. The second kappa shape index (κ2) is 7.20. The molecule has 0 radical (unpaired) electrons. The molecule has 1 saturated heterocycles. The molecule has 0 amide bonds. The maximum Gasteiger partial charge on any atom is 0.0590 e. The van der Waals surface area contributed by atoms with Gasteiger partial charge in [-0.3, -0.25) is 0 Å². The van der Waals surface area contributed by atoms with Crippen LogP contribution in [0.2, 0.25) is 0 Å². The smallest absolute Gasteiger partial charge is 0.0590 e. The van der Waals surface area contributed by atoms with E-state index in [2.05, 4.69) is 24.1 Å². The second-order valence-electron chi connectivity index (χ2n) is 4.66. The van der Waals surface area contributed by atoms with Gasteiger partial charge in [-0.15, -0.1) is 0 Å². The second-order valence-corrected chi connectivity index (χ2v) is 4.66. The zero-order valence-corrected chi connectivity index (χ0v) is 10.5. The summed E-state index contributed by atoms with van der Waals surface area (Å²) in [6.45, 7) is 14.2. The molecule has 0 spiro atoms. The average Bonchev–Trinajstić information content (AvgIpc) is 2.52. The fourth-order valence-electron chi connectivity index (χ4n) is 2.08. The number of ether oxygens (including phenoxy) is 1. The van der Waals surface area contributed by atoms with Crippen molar-refractivity contribution in [2.45, 2.75) is 20.8 Å². The number of rotatable bonds is 7. The fourth-order valence-corrected chi connectivity index (χ4v) is 2.08. The number of nitrogens with one attached hydrogen (secondary N) is 1. The molecule has 15 heavy (non-hydrogen) atoms. The van der Waals surface area contributed by atoms with E-state index in [4.69, 9.17) is 4.74 Å². The maximum atomic E-state index is 5.26. The Hall–Kier alpha value is -0.120. The van der Waals surface area contributed by atoms with Gasteiger partial charge in [-0.05, 0) is 18.8 Å². The highest BCUT2D eigenvalue weighted by molar-refractivity contribution is 4.78. The van der Waals surface area contributed by atoms with Crippen LogP contribution in [0.15, 0.2) is 0 Å². The Balaban J connectivity index is 1.92. The molecule has 0 saturated carbocycles. The first kappa shape index (κ1) is 12.9. The minimum Gasteiger partial charge on any atom is -0.380 e. The molecule has 90 valence electrons. The van der Waals surface area contributed by atoms with Gasteiger partial charge in [0, 0.05) is 39.3 Å². The minimum atomic E-state index is 0.822. The molecule has 2 atom stereocenters. The van der Waals surface area contributed by atoms with Crippen LogP contribution in [-0.2, 0) is 4.74 Å². The summed E-state index contributed by atoms with van der Waals surface area (Å²) < 4.78 is 5.26. The van der Waals surface area contributed by atoms with Crippen molar-refractivity contribution in [2.75, 3.05) is 45.9 Å². The molecule has 0 aromatic heterocycles. The summed E-state index contributed by atoms with van der Waals surface area (Å²) in [5.74, 6) is 1.74. The van der Waals surface area contributed by atoms with Crippen LogP contribution in [0.25, 0.3) is 0 Å². The van der Waals surface area contributed by atoms with Gasteiger partial charge in [-0.25, -0.2) is 0 Å². The number of likely N-dealkylation sites (tertiary alicyclic amines) is 1. The van der Waals surface area contributed by atoms with E-state index < -0.39 is 0 Å². The average molecular weight is 214 g/mol. The Kier molecular flexibility index (Phi) is 6.22. The molecule has 3 nitrogen and oxygen atoms in total. The molecular weight excluding hydrogens is 188 g/mol. The Labute approximate surface area is 94.2 Å². The van der Waals surface area contributed by atoms with Crippen molar-refractivity contribution in [3.8, 4) is 0 Å². The molecule has 0 bridgehead atoms. The lowest BCUT2D eigenvalue weighted by Crippen LogP contribution is -2.32. The van der Waals surface area contributed by atoms with Gasteiger partial charge in [0.1, 0.15) is 0 Å². The van der Waals surface area contributed by atoms with E-state index in [9.17, 15) is 0 Å². The van der Waals surface area contributed by atoms with E-state index in [-0.39, 0.29) is 0 Å². The van der Waals surface area contributed by atoms with E-state index in [0.717, 1.165) is 38.1 Å². The molecule has 0 aliphatic carbocycles. The molecule has 2 unspecified atom stereocenters. The van der Waals surface area contributed by atoms with Gasteiger partial charge in [0.05, 0.1) is 6.61 Å². The van der Waals surface area contributed by atoms with Crippen LogP contribution < -0.4 is 5.32 Å². The number of hydrogen-bond donors (Lipinski definition) is 1. The molecule has 1 N–H and O–H groups in total. The number of hydrogen-bond acceptors (Lipinski definition) is 3. The summed E-state index contributed by atoms with van der Waals surface area (Å²) in [6, 6.07) is 0. The Morgan fingerprint density at radius 2 is 1.87 bits per heavy atom. The van der Waals surface area contributed by atoms with E-state index >= 15 is 0 Å². The van der Waals surface area contributed by atoms with Crippen LogP contribution in [0.5, 0.6) is 0 Å². The van der Waals surface area contributed by atoms with Gasteiger partial charge in [0.15, 0.2) is 0 Å². The fraction of sp³-hybridized carbons (Fsp3) is 1.00. The van der Waals surface area contributed by atoms with Crippen LogP contribution in [0, 0.1) is 11.8 Å². The van der Waals surface area contributed by atoms with Crippen LogP contribution in [-0.4, -0.2) is 50.8 Å². The lowest BCUT2D eigenvalue weighted by atomic mass is 10.0. The van der Waals surface area contributed by atoms with Crippen LogP contribution in [0.3, 0.4) is 0 Å². The Morgan fingerprint density at radius 1 is 1.20 bits per heavy atom. The topological polar surface area (TPSA) is 24.5 Å². The first-order valence-corrected chi connectivity index (χ1v) is 6.24. The lowest BCUT2D eigenvalue weighted by molar-refractivity contribution is 0.148. The highest BCUT2D eigenvalue weighted by Crippen LogP contribution is 2.21. The normalized spacial score (nSPS) is 27.4. The standard InChI is InChI=1S/C12H26N2O/c1-4-15-8-6-13-5-7-14-9-11(2)12(3)10-14/h11-13H,4-10H2,1-3H3. The van der Waals surface area contributed by atoms with Gasteiger partial charge < -0.3 is 15.0 Å². The first-order chi connectivity index (χ1) is 7.24. The van der Waals surface area contributed by atoms with Gasteiger partial charge in [0.2, 0.25) is 0 Å². The van der Waals surface area contributed by atoms with Crippen LogP contribution in [0.1, 0.15) is 20.8 Å². The summed E-state index contributed by atoms with van der Waals surface area (Å²) in [5, 5.41) is 3.41. The predicted molar refractivity (Wildman–Crippen MR) is 64.1 cm³/mol. The Bertz CT molecular complexity index is 154.